The molecule has 0 aliphatic heterocycles. The molecule has 2 aliphatic carbocycles. The normalized spacial score (nSPS) is 20.5. The van der Waals surface area contributed by atoms with Gasteiger partial charge in [0.15, 0.2) is 0 Å². The van der Waals surface area contributed by atoms with Crippen LogP contribution in [0.5, 0.6) is 0 Å². The molecule has 34 heavy (non-hydrogen) atoms. The molecule has 186 valence electrons. The Balaban J connectivity index is 1.82. The Morgan fingerprint density at radius 3 is 1.82 bits per heavy atom. The van der Waals surface area contributed by atoms with Crippen molar-refractivity contribution >= 4 is 24.2 Å². The summed E-state index contributed by atoms with van der Waals surface area (Å²) in [5.74, 6) is 0. The Hall–Kier alpha value is -1.02. The average molecular weight is 498 g/mol. The monoisotopic (exact) mass is 497 g/mol. The zero-order valence-corrected chi connectivity index (χ0v) is 23.4. The smallest absolute Gasteiger partial charge is 0.100 e. The van der Waals surface area contributed by atoms with Gasteiger partial charge in [-0.1, -0.05) is 101 Å². The van der Waals surface area contributed by atoms with Crippen molar-refractivity contribution in [3.8, 4) is 0 Å². The molecule has 0 amide bonds. The van der Waals surface area contributed by atoms with Crippen molar-refractivity contribution in [3.63, 3.8) is 0 Å². The summed E-state index contributed by atoms with van der Waals surface area (Å²) in [7, 11) is 0.732. The van der Waals surface area contributed by atoms with Gasteiger partial charge in [0.05, 0.1) is 10.8 Å². The number of hydrogen-bond donors (Lipinski definition) is 0. The van der Waals surface area contributed by atoms with E-state index in [-0.39, 0.29) is 18.7 Å². The van der Waals surface area contributed by atoms with E-state index in [1.807, 2.05) is 0 Å². The van der Waals surface area contributed by atoms with Crippen LogP contribution in [0.25, 0.3) is 0 Å². The van der Waals surface area contributed by atoms with Crippen molar-refractivity contribution in [1.82, 2.24) is 4.31 Å². The topological polar surface area (TPSA) is 20.3 Å². The second kappa shape index (κ2) is 11.8. The number of benzene rings is 2. The van der Waals surface area contributed by atoms with Crippen LogP contribution in [0.2, 0.25) is 0 Å². The molecule has 0 bridgehead atoms. The highest BCUT2D eigenvalue weighted by molar-refractivity contribution is 7.84. The Bertz CT molecular complexity index is 910. The van der Waals surface area contributed by atoms with Gasteiger partial charge in [-0.05, 0) is 74.2 Å². The van der Waals surface area contributed by atoms with Gasteiger partial charge >= 0.3 is 0 Å². The molecule has 2 aromatic carbocycles. The lowest BCUT2D eigenvalue weighted by atomic mass is 9.98. The fourth-order valence-corrected chi connectivity index (χ4v) is 11.4. The van der Waals surface area contributed by atoms with E-state index in [0.29, 0.717) is 0 Å². The molecule has 0 unspecified atom stereocenters. The van der Waals surface area contributed by atoms with Crippen molar-refractivity contribution in [2.75, 3.05) is 7.05 Å². The van der Waals surface area contributed by atoms with Gasteiger partial charge in [0.1, 0.15) is 11.0 Å². The zero-order valence-electron chi connectivity index (χ0n) is 21.7. The van der Waals surface area contributed by atoms with Crippen molar-refractivity contribution < 1.29 is 4.21 Å². The Labute approximate surface area is 212 Å². The van der Waals surface area contributed by atoms with E-state index in [1.54, 1.807) is 5.30 Å². The van der Waals surface area contributed by atoms with Crippen LogP contribution in [0.3, 0.4) is 0 Å². The molecule has 2 nitrogen and oxygen atoms in total. The van der Waals surface area contributed by atoms with Crippen molar-refractivity contribution in [3.05, 3.63) is 65.7 Å². The molecular formula is C30H44NOPS. The molecule has 0 spiro atoms. The van der Waals surface area contributed by atoms with Gasteiger partial charge in [-0.15, -0.1) is 0 Å². The lowest BCUT2D eigenvalue weighted by Gasteiger charge is -2.41. The van der Waals surface area contributed by atoms with Gasteiger partial charge in [0.2, 0.25) is 0 Å². The molecule has 0 aromatic heterocycles. The van der Waals surface area contributed by atoms with Crippen LogP contribution in [0.15, 0.2) is 54.6 Å². The third-order valence-electron chi connectivity index (χ3n) is 7.71. The maximum absolute atomic E-state index is 13.7. The van der Waals surface area contributed by atoms with Gasteiger partial charge < -0.3 is 0 Å². The highest BCUT2D eigenvalue weighted by Crippen LogP contribution is 2.56. The summed E-state index contributed by atoms with van der Waals surface area (Å²) in [5.41, 5.74) is 4.35. The molecule has 0 radical (unpaired) electrons. The quantitative estimate of drug-likeness (QED) is 0.356. The van der Waals surface area contributed by atoms with E-state index >= 15 is 0 Å². The summed E-state index contributed by atoms with van der Waals surface area (Å²) in [5, 5.41) is 1.60. The molecule has 2 aromatic rings. The van der Waals surface area contributed by atoms with Crippen LogP contribution in [-0.2, 0) is 11.0 Å². The molecule has 2 aliphatic rings. The third-order valence-corrected chi connectivity index (χ3v) is 13.1. The third kappa shape index (κ3) is 6.03. The summed E-state index contributed by atoms with van der Waals surface area (Å²) in [6.45, 7) is 6.26. The molecule has 2 atom stereocenters. The molecule has 2 saturated carbocycles. The largest absolute Gasteiger partial charge is 0.242 e. The van der Waals surface area contributed by atoms with E-state index in [1.165, 1.54) is 75.3 Å². The molecular weight excluding hydrogens is 453 g/mol. The van der Waals surface area contributed by atoms with Gasteiger partial charge in [-0.3, -0.25) is 0 Å². The lowest BCUT2D eigenvalue weighted by molar-refractivity contribution is 0.441. The van der Waals surface area contributed by atoms with Crippen LogP contribution in [0.4, 0.5) is 0 Å². The van der Waals surface area contributed by atoms with E-state index in [4.69, 9.17) is 0 Å². The number of hydrogen-bond acceptors (Lipinski definition) is 1. The first-order valence-corrected chi connectivity index (χ1v) is 16.0. The second-order valence-corrected chi connectivity index (χ2v) is 16.3. The molecule has 0 N–H and O–H groups in total. The standard InChI is InChI=1S/C30H44NOPS/c1-30(2,3)34(32)31(4)29(24-16-8-5-9-17-24)27-22-14-15-23-28(27)33(25-18-10-6-11-19-25)26-20-12-7-13-21-26/h5,8-9,14-17,22-23,25-26,29H,6-7,10-13,18-21H2,1-4H3/t29-,34+/m1/s1. The van der Waals surface area contributed by atoms with Gasteiger partial charge in [0.25, 0.3) is 0 Å². The van der Waals surface area contributed by atoms with E-state index < -0.39 is 11.0 Å². The highest BCUT2D eigenvalue weighted by Gasteiger charge is 2.37. The van der Waals surface area contributed by atoms with Gasteiger partial charge in [-0.2, -0.15) is 0 Å². The summed E-state index contributed by atoms with van der Waals surface area (Å²) >= 11 is 0. The molecule has 2 fully saturated rings. The summed E-state index contributed by atoms with van der Waals surface area (Å²) in [6.07, 6.45) is 14.0. The van der Waals surface area contributed by atoms with Crippen molar-refractivity contribution in [2.24, 2.45) is 0 Å². The van der Waals surface area contributed by atoms with Gasteiger partial charge in [0, 0.05) is 7.05 Å². The van der Waals surface area contributed by atoms with E-state index in [2.05, 4.69) is 86.7 Å². The van der Waals surface area contributed by atoms with Crippen molar-refractivity contribution in [1.29, 1.82) is 0 Å². The maximum atomic E-state index is 13.7. The first-order chi connectivity index (χ1) is 16.4. The SMILES string of the molecule is CN([C@H](c1ccccc1)c1ccccc1P(C1CCCCC1)C1CCCCC1)[S@@](=O)C(C)(C)C. The van der Waals surface area contributed by atoms with E-state index in [9.17, 15) is 4.21 Å². The molecule has 4 rings (SSSR count). The number of rotatable bonds is 7. The fraction of sp³-hybridized carbons (Fsp3) is 0.600. The first-order valence-electron chi connectivity index (χ1n) is 13.4. The Morgan fingerprint density at radius 2 is 1.29 bits per heavy atom. The fourth-order valence-electron chi connectivity index (χ4n) is 6.11. The summed E-state index contributed by atoms with van der Waals surface area (Å²) < 4.78 is 15.5. The second-order valence-electron chi connectivity index (χ2n) is 11.3. The predicted molar refractivity (Wildman–Crippen MR) is 151 cm³/mol. The maximum Gasteiger partial charge on any atom is 0.100 e. The minimum absolute atomic E-state index is 0.00893. The number of nitrogens with zero attached hydrogens (tertiary/aromatic N) is 1. The van der Waals surface area contributed by atoms with Crippen LogP contribution in [0, 0.1) is 0 Å². The van der Waals surface area contributed by atoms with Crippen LogP contribution < -0.4 is 5.30 Å². The minimum Gasteiger partial charge on any atom is -0.242 e. The minimum atomic E-state index is -1.10. The van der Waals surface area contributed by atoms with E-state index in [0.717, 1.165) is 11.3 Å². The molecule has 4 heteroatoms. The Kier molecular flexibility index (Phi) is 9.05. The van der Waals surface area contributed by atoms with Crippen LogP contribution >= 0.6 is 7.92 Å². The summed E-state index contributed by atoms with van der Waals surface area (Å²) in [4.78, 5) is 0. The average Bonchev–Trinajstić information content (AvgIpc) is 2.86. The summed E-state index contributed by atoms with van der Waals surface area (Å²) in [6, 6.07) is 20.1. The van der Waals surface area contributed by atoms with Crippen molar-refractivity contribution in [2.45, 2.75) is 107 Å². The first kappa shape index (κ1) is 26.1. The van der Waals surface area contributed by atoms with Crippen LogP contribution in [-0.4, -0.2) is 31.6 Å². The van der Waals surface area contributed by atoms with Crippen LogP contribution in [0.1, 0.15) is 102 Å². The molecule has 0 saturated heterocycles. The lowest BCUT2D eigenvalue weighted by Crippen LogP contribution is -2.39. The zero-order chi connectivity index (χ0) is 24.1. The Morgan fingerprint density at radius 1 is 0.794 bits per heavy atom. The van der Waals surface area contributed by atoms with Gasteiger partial charge in [-0.25, -0.2) is 8.51 Å². The highest BCUT2D eigenvalue weighted by atomic mass is 32.2. The predicted octanol–water partition coefficient (Wildman–Crippen LogP) is 7.94. The molecule has 0 heterocycles.